The molecule has 188 valence electrons. The molecule has 0 aliphatic rings. The van der Waals surface area contributed by atoms with E-state index in [0.717, 1.165) is 52.2 Å². The van der Waals surface area contributed by atoms with Gasteiger partial charge in [-0.1, -0.05) is 5.16 Å². The van der Waals surface area contributed by atoms with Gasteiger partial charge in [0.05, 0.1) is 11.3 Å². The number of benzene rings is 2. The Morgan fingerprint density at radius 2 is 1.74 bits per heavy atom. The first-order chi connectivity index (χ1) is 16.3. The maximum Gasteiger partial charge on any atom is 0.224 e. The fourth-order valence-electron chi connectivity index (χ4n) is 4.13. The van der Waals surface area contributed by atoms with Crippen LogP contribution < -0.4 is 10.1 Å². The van der Waals surface area contributed by atoms with E-state index in [9.17, 15) is 9.90 Å². The fraction of sp³-hybridized carbons (Fsp3) is 0.429. The summed E-state index contributed by atoms with van der Waals surface area (Å²) in [7, 11) is 4.00. The molecule has 7 heteroatoms. The van der Waals surface area contributed by atoms with Crippen LogP contribution in [0.5, 0.6) is 11.5 Å². The zero-order valence-corrected chi connectivity index (χ0v) is 22.1. The number of aryl methyl sites for hydroxylation is 4. The van der Waals surface area contributed by atoms with Crippen molar-refractivity contribution in [1.82, 2.24) is 10.1 Å². The van der Waals surface area contributed by atoms with Crippen LogP contribution in [0.25, 0.3) is 11.1 Å². The number of anilines is 1. The number of carbonyl (C=O) groups is 1. The van der Waals surface area contributed by atoms with Crippen LogP contribution in [0, 0.1) is 27.7 Å². The number of aromatic nitrogens is 1. The van der Waals surface area contributed by atoms with Gasteiger partial charge in [-0.15, -0.1) is 0 Å². The molecule has 3 rings (SSSR count). The smallest absolute Gasteiger partial charge is 0.224 e. The molecule has 0 aliphatic heterocycles. The van der Waals surface area contributed by atoms with Gasteiger partial charge in [0.15, 0.2) is 0 Å². The van der Waals surface area contributed by atoms with E-state index in [1.165, 1.54) is 0 Å². The van der Waals surface area contributed by atoms with Crippen LogP contribution in [-0.4, -0.2) is 41.7 Å². The van der Waals surface area contributed by atoms with Crippen molar-refractivity contribution in [1.29, 1.82) is 0 Å². The second kappa shape index (κ2) is 10.6. The van der Waals surface area contributed by atoms with Crippen molar-refractivity contribution < 1.29 is 19.2 Å². The SMILES string of the molecule is Cc1cc(NC(=O)CCCN(C)C)cc(C)c1Oc1cc(-c2c(C)noc2C)cc(C(C)(C)O)c1. The number of ether oxygens (including phenoxy) is 1. The number of hydrogen-bond donors (Lipinski definition) is 2. The normalized spacial score (nSPS) is 11.7. The first-order valence-corrected chi connectivity index (χ1v) is 11.9. The molecular formula is C28H37N3O4. The highest BCUT2D eigenvalue weighted by molar-refractivity contribution is 5.91. The van der Waals surface area contributed by atoms with Crippen molar-refractivity contribution in [3.05, 3.63) is 58.5 Å². The minimum Gasteiger partial charge on any atom is -0.457 e. The van der Waals surface area contributed by atoms with Crippen LogP contribution in [0.3, 0.4) is 0 Å². The fourth-order valence-corrected chi connectivity index (χ4v) is 4.13. The lowest BCUT2D eigenvalue weighted by molar-refractivity contribution is -0.116. The molecule has 0 radical (unpaired) electrons. The molecule has 0 fully saturated rings. The number of carbonyl (C=O) groups excluding carboxylic acids is 1. The third-order valence-corrected chi connectivity index (χ3v) is 5.91. The van der Waals surface area contributed by atoms with Gasteiger partial charge in [0.2, 0.25) is 5.91 Å². The van der Waals surface area contributed by atoms with Gasteiger partial charge in [-0.2, -0.15) is 0 Å². The number of nitrogens with one attached hydrogen (secondary N) is 1. The molecule has 1 amide bonds. The molecule has 0 unspecified atom stereocenters. The first kappa shape index (κ1) is 26.4. The summed E-state index contributed by atoms with van der Waals surface area (Å²) in [4.78, 5) is 14.4. The summed E-state index contributed by atoms with van der Waals surface area (Å²) < 4.78 is 11.7. The van der Waals surface area contributed by atoms with Gasteiger partial charge in [0.25, 0.3) is 0 Å². The van der Waals surface area contributed by atoms with Crippen molar-refractivity contribution in [3.8, 4) is 22.6 Å². The maximum absolute atomic E-state index is 12.3. The predicted molar refractivity (Wildman–Crippen MR) is 139 cm³/mol. The van der Waals surface area contributed by atoms with Crippen molar-refractivity contribution in [3.63, 3.8) is 0 Å². The topological polar surface area (TPSA) is 87.8 Å². The maximum atomic E-state index is 12.3. The van der Waals surface area contributed by atoms with E-state index in [-0.39, 0.29) is 5.91 Å². The summed E-state index contributed by atoms with van der Waals surface area (Å²) in [6.07, 6.45) is 1.28. The number of aliphatic hydroxyl groups is 1. The zero-order valence-electron chi connectivity index (χ0n) is 22.1. The summed E-state index contributed by atoms with van der Waals surface area (Å²) in [5.41, 5.74) is 4.76. The zero-order chi connectivity index (χ0) is 25.9. The quantitative estimate of drug-likeness (QED) is 0.399. The molecule has 1 heterocycles. The molecule has 7 nitrogen and oxygen atoms in total. The molecule has 0 atom stereocenters. The minimum absolute atomic E-state index is 0.00120. The second-order valence-electron chi connectivity index (χ2n) is 10.0. The third kappa shape index (κ3) is 6.71. The monoisotopic (exact) mass is 479 g/mol. The average Bonchev–Trinajstić information content (AvgIpc) is 3.07. The summed E-state index contributed by atoms with van der Waals surface area (Å²) in [5.74, 6) is 2.03. The molecule has 0 aliphatic carbocycles. The number of nitrogens with zero attached hydrogens (tertiary/aromatic N) is 2. The van der Waals surface area contributed by atoms with E-state index in [4.69, 9.17) is 9.26 Å². The van der Waals surface area contributed by atoms with E-state index >= 15 is 0 Å². The molecule has 0 saturated heterocycles. The van der Waals surface area contributed by atoms with Gasteiger partial charge in [0.1, 0.15) is 17.3 Å². The van der Waals surface area contributed by atoms with Crippen LogP contribution in [-0.2, 0) is 10.4 Å². The highest BCUT2D eigenvalue weighted by Crippen LogP contribution is 2.38. The third-order valence-electron chi connectivity index (χ3n) is 5.91. The minimum atomic E-state index is -1.06. The molecule has 0 saturated carbocycles. The van der Waals surface area contributed by atoms with Crippen LogP contribution in [0.15, 0.2) is 34.9 Å². The standard InChI is InChI=1S/C28H37N3O4/c1-17-12-23(29-25(32)10-9-11-31(7)8)13-18(2)27(17)34-24-15-21(14-22(16-24)28(5,6)33)26-19(3)30-35-20(26)4/h12-16,33H,9-11H2,1-8H3,(H,29,32). The molecule has 0 bridgehead atoms. The Hall–Kier alpha value is -3.16. The van der Waals surface area contributed by atoms with E-state index in [1.807, 2.05) is 72.1 Å². The Kier molecular flexibility index (Phi) is 8.03. The van der Waals surface area contributed by atoms with Crippen LogP contribution in [0.1, 0.15) is 54.8 Å². The summed E-state index contributed by atoms with van der Waals surface area (Å²) in [5, 5.41) is 17.8. The van der Waals surface area contributed by atoms with Gasteiger partial charge >= 0.3 is 0 Å². The molecular weight excluding hydrogens is 442 g/mol. The van der Waals surface area contributed by atoms with Crippen molar-refractivity contribution in [2.45, 2.75) is 60.0 Å². The van der Waals surface area contributed by atoms with Gasteiger partial charge < -0.3 is 24.6 Å². The van der Waals surface area contributed by atoms with E-state index < -0.39 is 5.60 Å². The van der Waals surface area contributed by atoms with Crippen LogP contribution >= 0.6 is 0 Å². The molecule has 0 spiro atoms. The van der Waals surface area contributed by atoms with Crippen molar-refractivity contribution in [2.24, 2.45) is 0 Å². The Bertz CT molecular complexity index is 1160. The highest BCUT2D eigenvalue weighted by Gasteiger charge is 2.21. The lowest BCUT2D eigenvalue weighted by Gasteiger charge is -2.21. The Balaban J connectivity index is 1.89. The van der Waals surface area contributed by atoms with Crippen molar-refractivity contribution in [2.75, 3.05) is 26.0 Å². The van der Waals surface area contributed by atoms with Crippen LogP contribution in [0.4, 0.5) is 5.69 Å². The molecule has 3 aromatic rings. The summed E-state index contributed by atoms with van der Waals surface area (Å²) in [6, 6.07) is 9.55. The lowest BCUT2D eigenvalue weighted by atomic mass is 9.93. The van der Waals surface area contributed by atoms with E-state index in [2.05, 4.69) is 15.4 Å². The summed E-state index contributed by atoms with van der Waals surface area (Å²) >= 11 is 0. The molecule has 35 heavy (non-hydrogen) atoms. The molecule has 2 aromatic carbocycles. The number of amides is 1. The van der Waals surface area contributed by atoms with Gasteiger partial charge in [-0.05, 0) is 121 Å². The van der Waals surface area contributed by atoms with E-state index in [1.54, 1.807) is 13.8 Å². The highest BCUT2D eigenvalue weighted by atomic mass is 16.5. The van der Waals surface area contributed by atoms with E-state index in [0.29, 0.717) is 23.7 Å². The first-order valence-electron chi connectivity index (χ1n) is 11.9. The number of rotatable bonds is 9. The molecule has 1 aromatic heterocycles. The largest absolute Gasteiger partial charge is 0.457 e. The second-order valence-corrected chi connectivity index (χ2v) is 10.0. The predicted octanol–water partition coefficient (Wildman–Crippen LogP) is 5.88. The van der Waals surface area contributed by atoms with Gasteiger partial charge in [0, 0.05) is 17.7 Å². The van der Waals surface area contributed by atoms with Crippen LogP contribution in [0.2, 0.25) is 0 Å². The Morgan fingerprint density at radius 1 is 1.09 bits per heavy atom. The molecule has 2 N–H and O–H groups in total. The average molecular weight is 480 g/mol. The van der Waals surface area contributed by atoms with Gasteiger partial charge in [-0.25, -0.2) is 0 Å². The lowest BCUT2D eigenvalue weighted by Crippen LogP contribution is -2.17. The Morgan fingerprint density at radius 3 is 2.29 bits per heavy atom. The van der Waals surface area contributed by atoms with Crippen molar-refractivity contribution >= 4 is 11.6 Å². The summed E-state index contributed by atoms with van der Waals surface area (Å²) in [6.45, 7) is 12.0. The number of hydrogen-bond acceptors (Lipinski definition) is 6. The Labute approximate surface area is 208 Å². The van der Waals surface area contributed by atoms with Gasteiger partial charge in [-0.3, -0.25) is 4.79 Å².